The zero-order valence-corrected chi connectivity index (χ0v) is 14.0. The van der Waals surface area contributed by atoms with Gasteiger partial charge in [-0.2, -0.15) is 4.98 Å². The van der Waals surface area contributed by atoms with E-state index in [0.29, 0.717) is 5.82 Å². The Labute approximate surface area is 151 Å². The third kappa shape index (κ3) is 3.60. The Hall–Kier alpha value is -2.65. The Balaban J connectivity index is 1.52. The van der Waals surface area contributed by atoms with Crippen LogP contribution in [0.2, 0.25) is 0 Å². The highest BCUT2D eigenvalue weighted by Crippen LogP contribution is 2.41. The van der Waals surface area contributed by atoms with Gasteiger partial charge in [0.1, 0.15) is 5.75 Å². The molecule has 6 nitrogen and oxygen atoms in total. The molecule has 0 radical (unpaired) electrons. The molecule has 4 rings (SSSR count). The van der Waals surface area contributed by atoms with E-state index in [1.807, 2.05) is 0 Å². The van der Waals surface area contributed by atoms with Crippen molar-refractivity contribution in [3.8, 4) is 5.75 Å². The number of likely N-dealkylation sites (tertiary alicyclic amines) is 1. The normalized spacial score (nSPS) is 22.9. The van der Waals surface area contributed by atoms with Crippen LogP contribution in [0.4, 0.5) is 17.6 Å². The van der Waals surface area contributed by atoms with Crippen LogP contribution in [-0.4, -0.2) is 40.4 Å². The van der Waals surface area contributed by atoms with E-state index in [4.69, 9.17) is 4.52 Å². The van der Waals surface area contributed by atoms with E-state index in [9.17, 15) is 18.0 Å². The molecule has 0 bridgehead atoms. The number of hydrogen-bond donors (Lipinski definition) is 0. The number of carbonyl (C=O) groups excluding carboxylic acids is 1. The van der Waals surface area contributed by atoms with E-state index >= 15 is 4.39 Å². The van der Waals surface area contributed by atoms with Gasteiger partial charge in [-0.25, -0.2) is 4.39 Å². The van der Waals surface area contributed by atoms with E-state index < -0.39 is 23.7 Å². The average molecular weight is 385 g/mol. The summed E-state index contributed by atoms with van der Waals surface area (Å²) in [7, 11) is 0. The average Bonchev–Trinajstić information content (AvgIpc) is 3.18. The third-order valence-corrected chi connectivity index (χ3v) is 4.62. The van der Waals surface area contributed by atoms with Crippen LogP contribution in [-0.2, 0) is 5.67 Å². The number of alkyl halides is 4. The fourth-order valence-electron chi connectivity index (χ4n) is 3.07. The summed E-state index contributed by atoms with van der Waals surface area (Å²) in [6.45, 7) is -0.366. The molecule has 27 heavy (non-hydrogen) atoms. The second kappa shape index (κ2) is 6.21. The topological polar surface area (TPSA) is 68.5 Å². The molecule has 10 heteroatoms. The first kappa shape index (κ1) is 17.7. The Morgan fingerprint density at radius 3 is 2.74 bits per heavy atom. The van der Waals surface area contributed by atoms with Crippen molar-refractivity contribution >= 4 is 5.91 Å². The molecular weight excluding hydrogens is 370 g/mol. The summed E-state index contributed by atoms with van der Waals surface area (Å²) in [6, 6.07) is 4.98. The summed E-state index contributed by atoms with van der Waals surface area (Å²) in [5.41, 5.74) is -2.31. The van der Waals surface area contributed by atoms with Gasteiger partial charge in [0.05, 0.1) is 12.1 Å². The van der Waals surface area contributed by atoms with E-state index in [0.717, 1.165) is 23.8 Å². The standard InChI is InChI=1S/C17H15F4N3O3/c18-16(15-22-13(23-27-15)10-5-6-10)7-8-24(9-16)14(25)11-3-1-2-4-12(11)26-17(19,20)21/h1-4,10H,5-9H2. The monoisotopic (exact) mass is 385 g/mol. The van der Waals surface area contributed by atoms with Gasteiger partial charge in [0.25, 0.3) is 11.8 Å². The maximum atomic E-state index is 15.2. The van der Waals surface area contributed by atoms with Crippen molar-refractivity contribution in [2.75, 3.05) is 13.1 Å². The predicted octanol–water partition coefficient (Wildman–Crippen LogP) is 3.56. The molecule has 1 aromatic heterocycles. The van der Waals surface area contributed by atoms with Crippen LogP contribution in [0.15, 0.2) is 28.8 Å². The molecule has 0 N–H and O–H groups in total. The summed E-state index contributed by atoms with van der Waals surface area (Å²) in [6.07, 6.45) is -3.15. The lowest BCUT2D eigenvalue weighted by atomic mass is 10.1. The van der Waals surface area contributed by atoms with Gasteiger partial charge in [-0.1, -0.05) is 17.3 Å². The molecule has 2 fully saturated rings. The number of ether oxygens (including phenoxy) is 1. The number of rotatable bonds is 4. The van der Waals surface area contributed by atoms with Crippen LogP contribution in [0.5, 0.6) is 5.75 Å². The van der Waals surface area contributed by atoms with Gasteiger partial charge < -0.3 is 14.2 Å². The Kier molecular flexibility index (Phi) is 4.08. The van der Waals surface area contributed by atoms with Gasteiger partial charge in [0.2, 0.25) is 5.67 Å². The minimum Gasteiger partial charge on any atom is -0.405 e. The van der Waals surface area contributed by atoms with Crippen molar-refractivity contribution in [3.63, 3.8) is 0 Å². The molecule has 1 unspecified atom stereocenters. The second-order valence-corrected chi connectivity index (χ2v) is 6.72. The first-order valence-corrected chi connectivity index (χ1v) is 8.42. The van der Waals surface area contributed by atoms with E-state index in [1.54, 1.807) is 0 Å². The number of aromatic nitrogens is 2. The molecule has 2 aliphatic rings. The summed E-state index contributed by atoms with van der Waals surface area (Å²) in [4.78, 5) is 17.9. The predicted molar refractivity (Wildman–Crippen MR) is 82.7 cm³/mol. The highest BCUT2D eigenvalue weighted by atomic mass is 19.4. The van der Waals surface area contributed by atoms with Crippen molar-refractivity contribution < 1.29 is 31.6 Å². The van der Waals surface area contributed by atoms with Crippen LogP contribution in [0.25, 0.3) is 0 Å². The minimum absolute atomic E-state index is 0.0107. The van der Waals surface area contributed by atoms with Crippen LogP contribution < -0.4 is 4.74 Å². The van der Waals surface area contributed by atoms with Gasteiger partial charge in [0.15, 0.2) is 5.82 Å². The number of benzene rings is 1. The molecule has 1 amide bonds. The number of hydrogen-bond acceptors (Lipinski definition) is 5. The number of halogens is 4. The Morgan fingerprint density at radius 2 is 2.04 bits per heavy atom. The highest BCUT2D eigenvalue weighted by Gasteiger charge is 2.47. The van der Waals surface area contributed by atoms with Gasteiger partial charge in [-0.05, 0) is 25.0 Å². The van der Waals surface area contributed by atoms with E-state index in [-0.39, 0.29) is 36.9 Å². The zero-order valence-electron chi connectivity index (χ0n) is 14.0. The molecule has 1 aromatic carbocycles. The molecule has 1 saturated carbocycles. The Morgan fingerprint density at radius 1 is 1.30 bits per heavy atom. The first-order valence-electron chi connectivity index (χ1n) is 8.42. The van der Waals surface area contributed by atoms with Crippen molar-refractivity contribution in [2.24, 2.45) is 0 Å². The molecule has 0 spiro atoms. The van der Waals surface area contributed by atoms with Gasteiger partial charge >= 0.3 is 6.36 Å². The molecule has 1 aliphatic carbocycles. The first-order chi connectivity index (χ1) is 12.8. The molecule has 1 aliphatic heterocycles. The van der Waals surface area contributed by atoms with Gasteiger partial charge in [-0.15, -0.1) is 13.2 Å². The van der Waals surface area contributed by atoms with Gasteiger partial charge in [-0.3, -0.25) is 4.79 Å². The minimum atomic E-state index is -4.94. The lowest BCUT2D eigenvalue weighted by molar-refractivity contribution is -0.274. The molecule has 2 heterocycles. The summed E-state index contributed by atoms with van der Waals surface area (Å²) in [5.74, 6) is -0.927. The quantitative estimate of drug-likeness (QED) is 0.753. The van der Waals surface area contributed by atoms with Crippen LogP contribution in [0.3, 0.4) is 0 Å². The SMILES string of the molecule is O=C(c1ccccc1OC(F)(F)F)N1CCC(F)(c2nc(C3CC3)no2)C1. The smallest absolute Gasteiger partial charge is 0.405 e. The van der Waals surface area contributed by atoms with Crippen molar-refractivity contribution in [1.29, 1.82) is 0 Å². The van der Waals surface area contributed by atoms with Gasteiger partial charge in [0, 0.05) is 18.9 Å². The van der Waals surface area contributed by atoms with Crippen LogP contribution >= 0.6 is 0 Å². The number of carbonyl (C=O) groups is 1. The fraction of sp³-hybridized carbons (Fsp3) is 0.471. The molecule has 1 saturated heterocycles. The molecule has 2 aromatic rings. The summed E-state index contributed by atoms with van der Waals surface area (Å²) >= 11 is 0. The van der Waals surface area contributed by atoms with E-state index in [2.05, 4.69) is 14.9 Å². The number of para-hydroxylation sites is 1. The molecule has 1 atom stereocenters. The molecule has 144 valence electrons. The number of nitrogens with zero attached hydrogens (tertiary/aromatic N) is 3. The van der Waals surface area contributed by atoms with E-state index in [1.165, 1.54) is 18.2 Å². The lowest BCUT2D eigenvalue weighted by Gasteiger charge is -2.20. The molecular formula is C17H15F4N3O3. The summed E-state index contributed by atoms with van der Waals surface area (Å²) in [5, 5.41) is 3.78. The van der Waals surface area contributed by atoms with Crippen LogP contribution in [0.1, 0.15) is 47.3 Å². The number of amides is 1. The van der Waals surface area contributed by atoms with Crippen molar-refractivity contribution in [3.05, 3.63) is 41.5 Å². The largest absolute Gasteiger partial charge is 0.573 e. The highest BCUT2D eigenvalue weighted by molar-refractivity contribution is 5.97. The van der Waals surface area contributed by atoms with Crippen molar-refractivity contribution in [1.82, 2.24) is 15.0 Å². The third-order valence-electron chi connectivity index (χ3n) is 4.62. The second-order valence-electron chi connectivity index (χ2n) is 6.72. The van der Waals surface area contributed by atoms with Crippen LogP contribution in [0, 0.1) is 0 Å². The maximum Gasteiger partial charge on any atom is 0.573 e. The Bertz CT molecular complexity index is 865. The zero-order chi connectivity index (χ0) is 19.2. The maximum absolute atomic E-state index is 15.2. The lowest BCUT2D eigenvalue weighted by Crippen LogP contribution is -2.33. The summed E-state index contributed by atoms with van der Waals surface area (Å²) < 4.78 is 61.8. The fourth-order valence-corrected chi connectivity index (χ4v) is 3.07. The van der Waals surface area contributed by atoms with Crippen molar-refractivity contribution in [2.45, 2.75) is 37.2 Å².